The number of hydrogen-bond donors (Lipinski definition) is 4. The van der Waals surface area contributed by atoms with Crippen molar-refractivity contribution in [2.75, 3.05) is 0 Å². The van der Waals surface area contributed by atoms with Crippen molar-refractivity contribution in [2.24, 2.45) is 0 Å². The van der Waals surface area contributed by atoms with Crippen LogP contribution in [-0.4, -0.2) is 32.4 Å². The topological polar surface area (TPSA) is 115 Å². The minimum Gasteiger partial charge on any atom is -0.507 e. The van der Waals surface area contributed by atoms with Crippen LogP contribution < -0.4 is 0 Å². The van der Waals surface area contributed by atoms with Gasteiger partial charge in [0.2, 0.25) is 0 Å². The molecule has 0 aliphatic heterocycles. The fraction of sp³-hybridized carbons (Fsp3) is 0.111. The zero-order chi connectivity index (χ0) is 21.2. The van der Waals surface area contributed by atoms with Gasteiger partial charge in [-0.05, 0) is 115 Å². The first kappa shape index (κ1) is 23.9. The third kappa shape index (κ3) is 5.84. The van der Waals surface area contributed by atoms with Crippen molar-refractivity contribution in [3.8, 4) is 11.5 Å². The van der Waals surface area contributed by atoms with Gasteiger partial charge in [-0.25, -0.2) is 9.59 Å². The first-order chi connectivity index (χ1) is 13.0. The molecule has 0 unspecified atom stereocenters. The molecule has 0 spiro atoms. The molecule has 0 fully saturated rings. The highest BCUT2D eigenvalue weighted by Gasteiger charge is 2.24. The average Bonchev–Trinajstić information content (AvgIpc) is 2.58. The lowest BCUT2D eigenvalue weighted by atomic mass is 9.94. The molecule has 0 aliphatic carbocycles. The molecule has 6 nitrogen and oxygen atoms in total. The maximum Gasteiger partial charge on any atom is 0.332 e. The molecular weight excluding hydrogens is 820 g/mol. The first-order valence-electron chi connectivity index (χ1n) is 7.53. The molecule has 0 saturated carbocycles. The number of carboxylic acid groups (broad SMARTS) is 2. The number of carbonyl (C=O) groups is 2. The Morgan fingerprint density at radius 3 is 1.29 bits per heavy atom. The van der Waals surface area contributed by atoms with Crippen LogP contribution in [0.3, 0.4) is 0 Å². The Labute approximate surface area is 215 Å². The number of halogens is 4. The molecular formula is C18H12I4O6. The van der Waals surface area contributed by atoms with E-state index >= 15 is 0 Å². The number of phenolic OH excluding ortho intramolecular Hbond substituents is 2. The van der Waals surface area contributed by atoms with Crippen LogP contribution in [0.25, 0.3) is 0 Å². The van der Waals surface area contributed by atoms with Crippen LogP contribution in [0.15, 0.2) is 35.4 Å². The molecule has 0 aromatic heterocycles. The molecule has 0 aliphatic rings. The molecule has 0 radical (unpaired) electrons. The largest absolute Gasteiger partial charge is 0.507 e. The van der Waals surface area contributed by atoms with Gasteiger partial charge < -0.3 is 20.4 Å². The summed E-state index contributed by atoms with van der Waals surface area (Å²) >= 11 is 7.95. The predicted octanol–water partition coefficient (Wildman–Crippen LogP) is 4.77. The van der Waals surface area contributed by atoms with E-state index in [1.54, 1.807) is 24.3 Å². The summed E-state index contributed by atoms with van der Waals surface area (Å²) in [5.74, 6) is -2.91. The molecule has 0 saturated heterocycles. The Morgan fingerprint density at radius 1 is 0.679 bits per heavy atom. The van der Waals surface area contributed by atoms with Crippen LogP contribution in [-0.2, 0) is 22.4 Å². The molecule has 0 heterocycles. The molecule has 0 atom stereocenters. The molecule has 0 bridgehead atoms. The second kappa shape index (κ2) is 10.1. The van der Waals surface area contributed by atoms with E-state index in [-0.39, 0.29) is 35.5 Å². The van der Waals surface area contributed by atoms with Gasteiger partial charge in [0.25, 0.3) is 0 Å². The van der Waals surface area contributed by atoms with Crippen LogP contribution >= 0.6 is 90.4 Å². The van der Waals surface area contributed by atoms with E-state index in [0.717, 1.165) is 7.14 Å². The number of hydrogen-bond acceptors (Lipinski definition) is 4. The van der Waals surface area contributed by atoms with Gasteiger partial charge in [-0.3, -0.25) is 0 Å². The molecule has 2 aromatic rings. The number of benzene rings is 2. The summed E-state index contributed by atoms with van der Waals surface area (Å²) in [6.45, 7) is 0. The smallest absolute Gasteiger partial charge is 0.332 e. The van der Waals surface area contributed by atoms with E-state index < -0.39 is 11.9 Å². The Morgan fingerprint density at radius 2 is 1.00 bits per heavy atom. The zero-order valence-electron chi connectivity index (χ0n) is 13.8. The second-order valence-corrected chi connectivity index (χ2v) is 10.5. The minimum atomic E-state index is -1.38. The third-order valence-corrected chi connectivity index (χ3v) is 6.72. The lowest BCUT2D eigenvalue weighted by molar-refractivity contribution is -0.136. The number of aromatic hydroxyl groups is 2. The van der Waals surface area contributed by atoms with Crippen molar-refractivity contribution in [1.29, 1.82) is 0 Å². The van der Waals surface area contributed by atoms with E-state index in [1.165, 1.54) is 0 Å². The molecule has 10 heteroatoms. The highest BCUT2D eigenvalue weighted by atomic mass is 127. The van der Waals surface area contributed by atoms with Gasteiger partial charge in [0.15, 0.2) is 0 Å². The number of rotatable bonds is 6. The zero-order valence-corrected chi connectivity index (χ0v) is 22.5. The molecule has 4 N–H and O–H groups in total. The molecule has 148 valence electrons. The molecule has 0 amide bonds. The SMILES string of the molecule is O=C(O)/C(Cc1cc(I)cc(I)c1O)=C(\Cc1cc(I)cc(I)c1O)C(=O)O. The van der Waals surface area contributed by atoms with Crippen molar-refractivity contribution < 1.29 is 30.0 Å². The lowest BCUT2D eigenvalue weighted by Gasteiger charge is -2.13. The highest BCUT2D eigenvalue weighted by Crippen LogP contribution is 2.32. The van der Waals surface area contributed by atoms with Crippen LogP contribution in [0.1, 0.15) is 11.1 Å². The van der Waals surface area contributed by atoms with Crippen molar-refractivity contribution in [1.82, 2.24) is 0 Å². The standard InChI is InChI=1S/C18H12I4O6/c19-9-1-7(15(23)13(21)5-9)3-11(17(25)26)12(18(27)28)4-8-2-10(20)6-14(22)16(8)24/h1-2,5-6,23-24H,3-4H2,(H,25,26)(H,27,28)/b12-11+. The van der Waals surface area contributed by atoms with Crippen molar-refractivity contribution >= 4 is 102 Å². The quantitative estimate of drug-likeness (QED) is 0.247. The van der Waals surface area contributed by atoms with Crippen molar-refractivity contribution in [2.45, 2.75) is 12.8 Å². The summed E-state index contributed by atoms with van der Waals surface area (Å²) in [6.07, 6.45) is -0.505. The van der Waals surface area contributed by atoms with Gasteiger partial charge in [0, 0.05) is 31.1 Å². The Hall–Kier alpha value is -0.360. The first-order valence-corrected chi connectivity index (χ1v) is 11.8. The van der Waals surface area contributed by atoms with Gasteiger partial charge in [-0.2, -0.15) is 0 Å². The van der Waals surface area contributed by atoms with Crippen LogP contribution in [0.2, 0.25) is 0 Å². The highest BCUT2D eigenvalue weighted by molar-refractivity contribution is 14.1. The van der Waals surface area contributed by atoms with Gasteiger partial charge in [0.05, 0.1) is 18.3 Å². The molecule has 2 rings (SSSR count). The van der Waals surface area contributed by atoms with Gasteiger partial charge >= 0.3 is 11.9 Å². The third-order valence-electron chi connectivity index (χ3n) is 3.83. The van der Waals surface area contributed by atoms with Gasteiger partial charge in [-0.15, -0.1) is 0 Å². The fourth-order valence-corrected chi connectivity index (χ4v) is 6.44. The van der Waals surface area contributed by atoms with Crippen LogP contribution in [0.4, 0.5) is 0 Å². The van der Waals surface area contributed by atoms with Gasteiger partial charge in [0.1, 0.15) is 11.5 Å². The van der Waals surface area contributed by atoms with Crippen molar-refractivity contribution in [3.63, 3.8) is 0 Å². The monoisotopic (exact) mass is 832 g/mol. The summed E-state index contributed by atoms with van der Waals surface area (Å²) in [5.41, 5.74) is -0.0227. The Bertz CT molecular complexity index is 921. The Balaban J connectivity index is 2.60. The number of phenols is 2. The van der Waals surface area contributed by atoms with Crippen LogP contribution in [0.5, 0.6) is 11.5 Å². The predicted molar refractivity (Wildman–Crippen MR) is 137 cm³/mol. The summed E-state index contributed by atoms with van der Waals surface area (Å²) in [6, 6.07) is 6.70. The Kier molecular flexibility index (Phi) is 8.63. The molecule has 2 aromatic carbocycles. The lowest BCUT2D eigenvalue weighted by Crippen LogP contribution is -2.16. The minimum absolute atomic E-state index is 0.0730. The van der Waals surface area contributed by atoms with E-state index in [2.05, 4.69) is 0 Å². The summed E-state index contributed by atoms with van der Waals surface area (Å²) in [7, 11) is 0. The number of carboxylic acids is 2. The van der Waals surface area contributed by atoms with Gasteiger partial charge in [-0.1, -0.05) is 0 Å². The second-order valence-electron chi connectivity index (χ2n) is 5.71. The van der Waals surface area contributed by atoms with Crippen LogP contribution in [0, 0.1) is 14.3 Å². The summed E-state index contributed by atoms with van der Waals surface area (Å²) in [5, 5.41) is 39.9. The van der Waals surface area contributed by atoms with E-state index in [9.17, 15) is 30.0 Å². The number of aliphatic carboxylic acids is 2. The maximum absolute atomic E-state index is 11.9. The maximum atomic E-state index is 11.9. The van der Waals surface area contributed by atoms with E-state index in [0.29, 0.717) is 18.3 Å². The summed E-state index contributed by atoms with van der Waals surface area (Å²) in [4.78, 5) is 23.7. The van der Waals surface area contributed by atoms with Crippen molar-refractivity contribution in [3.05, 3.63) is 60.8 Å². The average molecular weight is 832 g/mol. The normalized spacial score (nSPS) is 11.9. The molecule has 28 heavy (non-hydrogen) atoms. The fourth-order valence-electron chi connectivity index (χ4n) is 2.51. The van der Waals surface area contributed by atoms with E-state index in [1.807, 2.05) is 90.4 Å². The van der Waals surface area contributed by atoms with E-state index in [4.69, 9.17) is 0 Å². The summed E-state index contributed by atoms with van der Waals surface area (Å²) < 4.78 is 2.68.